The lowest BCUT2D eigenvalue weighted by molar-refractivity contribution is 0.414. The van der Waals surface area contributed by atoms with Crippen molar-refractivity contribution in [1.82, 2.24) is 0 Å². The zero-order valence-corrected chi connectivity index (χ0v) is 11.5. The average molecular weight is 277 g/mol. The second kappa shape index (κ2) is 6.01. The number of aryl methyl sites for hydroxylation is 1. The lowest BCUT2D eigenvalue weighted by Gasteiger charge is -2.16. The van der Waals surface area contributed by atoms with Crippen molar-refractivity contribution < 1.29 is 13.5 Å². The van der Waals surface area contributed by atoms with Gasteiger partial charge in [-0.25, -0.2) is 8.78 Å². The maximum atomic E-state index is 13.6. The smallest absolute Gasteiger partial charge is 0.162 e. The highest BCUT2D eigenvalue weighted by atomic mass is 19.2. The molecule has 0 saturated heterocycles. The molecule has 0 heterocycles. The van der Waals surface area contributed by atoms with E-state index in [1.54, 1.807) is 13.2 Å². The topological polar surface area (TPSA) is 35.2 Å². The normalized spacial score (nSPS) is 12.2. The molecular formula is C16H17F2NO. The van der Waals surface area contributed by atoms with Crippen molar-refractivity contribution in [3.05, 3.63) is 64.7 Å². The maximum Gasteiger partial charge on any atom is 0.162 e. The fraction of sp³-hybridized carbons (Fsp3) is 0.250. The molecule has 2 aromatic rings. The predicted molar refractivity (Wildman–Crippen MR) is 74.7 cm³/mol. The fourth-order valence-electron chi connectivity index (χ4n) is 2.24. The summed E-state index contributed by atoms with van der Waals surface area (Å²) in [6, 6.07) is 9.29. The first-order valence-corrected chi connectivity index (χ1v) is 6.36. The van der Waals surface area contributed by atoms with E-state index in [2.05, 4.69) is 0 Å². The van der Waals surface area contributed by atoms with Crippen LogP contribution >= 0.6 is 0 Å². The number of benzene rings is 2. The van der Waals surface area contributed by atoms with Crippen molar-refractivity contribution in [3.63, 3.8) is 0 Å². The van der Waals surface area contributed by atoms with Gasteiger partial charge in [-0.05, 0) is 48.2 Å². The summed E-state index contributed by atoms with van der Waals surface area (Å²) >= 11 is 0. The standard InChI is InChI=1S/C16H17F2NO/c1-10-8-12(20-2)6-7-13(10)15(19)9-11-4-3-5-14(17)16(11)18/h3-8,15H,9,19H2,1-2H3. The van der Waals surface area contributed by atoms with Gasteiger partial charge in [-0.3, -0.25) is 0 Å². The van der Waals surface area contributed by atoms with Gasteiger partial charge in [0.15, 0.2) is 11.6 Å². The van der Waals surface area contributed by atoms with Crippen LogP contribution in [0.2, 0.25) is 0 Å². The zero-order chi connectivity index (χ0) is 14.7. The van der Waals surface area contributed by atoms with Gasteiger partial charge in [0.05, 0.1) is 7.11 Å². The second-order valence-corrected chi connectivity index (χ2v) is 4.75. The van der Waals surface area contributed by atoms with E-state index in [0.717, 1.165) is 22.9 Å². The summed E-state index contributed by atoms with van der Waals surface area (Å²) in [5.41, 5.74) is 8.26. The summed E-state index contributed by atoms with van der Waals surface area (Å²) in [5.74, 6) is -0.925. The number of ether oxygens (including phenoxy) is 1. The Hall–Kier alpha value is -1.94. The second-order valence-electron chi connectivity index (χ2n) is 4.75. The van der Waals surface area contributed by atoms with Crippen molar-refractivity contribution in [1.29, 1.82) is 0 Å². The Bertz CT molecular complexity index is 613. The van der Waals surface area contributed by atoms with E-state index >= 15 is 0 Å². The third-order valence-electron chi connectivity index (χ3n) is 3.35. The number of rotatable bonds is 4. The van der Waals surface area contributed by atoms with Crippen molar-refractivity contribution in [2.24, 2.45) is 5.73 Å². The first kappa shape index (κ1) is 14.5. The van der Waals surface area contributed by atoms with Gasteiger partial charge in [-0.15, -0.1) is 0 Å². The van der Waals surface area contributed by atoms with Crippen molar-refractivity contribution in [3.8, 4) is 5.75 Å². The Labute approximate surface area is 117 Å². The first-order chi connectivity index (χ1) is 9.52. The van der Waals surface area contributed by atoms with E-state index in [4.69, 9.17) is 10.5 Å². The van der Waals surface area contributed by atoms with Gasteiger partial charge >= 0.3 is 0 Å². The van der Waals surface area contributed by atoms with Gasteiger partial charge in [-0.2, -0.15) is 0 Å². The van der Waals surface area contributed by atoms with Crippen LogP contribution in [0.15, 0.2) is 36.4 Å². The highest BCUT2D eigenvalue weighted by Crippen LogP contribution is 2.25. The largest absolute Gasteiger partial charge is 0.497 e. The van der Waals surface area contributed by atoms with Crippen molar-refractivity contribution >= 4 is 0 Å². The van der Waals surface area contributed by atoms with Crippen LogP contribution in [0.4, 0.5) is 8.78 Å². The lowest BCUT2D eigenvalue weighted by atomic mass is 9.95. The minimum atomic E-state index is -0.846. The molecule has 20 heavy (non-hydrogen) atoms. The number of hydrogen-bond acceptors (Lipinski definition) is 2. The van der Waals surface area contributed by atoms with Crippen molar-refractivity contribution in [2.45, 2.75) is 19.4 Å². The molecule has 0 saturated carbocycles. The summed E-state index contributed by atoms with van der Waals surface area (Å²) in [6.45, 7) is 1.92. The van der Waals surface area contributed by atoms with Crippen LogP contribution in [-0.4, -0.2) is 7.11 Å². The summed E-state index contributed by atoms with van der Waals surface area (Å²) in [4.78, 5) is 0. The van der Waals surface area contributed by atoms with Crippen LogP contribution in [-0.2, 0) is 6.42 Å². The van der Waals surface area contributed by atoms with E-state index in [0.29, 0.717) is 0 Å². The number of halogens is 2. The first-order valence-electron chi connectivity index (χ1n) is 6.36. The zero-order valence-electron chi connectivity index (χ0n) is 11.5. The average Bonchev–Trinajstić information content (AvgIpc) is 2.43. The Morgan fingerprint density at radius 1 is 1.20 bits per heavy atom. The van der Waals surface area contributed by atoms with Crippen LogP contribution in [0.5, 0.6) is 5.75 Å². The van der Waals surface area contributed by atoms with Crippen LogP contribution < -0.4 is 10.5 Å². The molecule has 2 N–H and O–H groups in total. The van der Waals surface area contributed by atoms with Crippen molar-refractivity contribution in [2.75, 3.05) is 7.11 Å². The number of hydrogen-bond donors (Lipinski definition) is 1. The molecular weight excluding hydrogens is 260 g/mol. The van der Waals surface area contributed by atoms with E-state index in [-0.39, 0.29) is 12.0 Å². The molecule has 0 aliphatic carbocycles. The summed E-state index contributed by atoms with van der Waals surface area (Å²) in [5, 5.41) is 0. The monoisotopic (exact) mass is 277 g/mol. The molecule has 2 rings (SSSR count). The van der Waals surface area contributed by atoms with Gasteiger partial charge in [0.1, 0.15) is 5.75 Å². The molecule has 0 fully saturated rings. The number of methoxy groups -OCH3 is 1. The molecule has 0 spiro atoms. The highest BCUT2D eigenvalue weighted by molar-refractivity contribution is 5.37. The van der Waals surface area contributed by atoms with Gasteiger partial charge in [0, 0.05) is 6.04 Å². The predicted octanol–water partition coefficient (Wildman–Crippen LogP) is 3.52. The third kappa shape index (κ3) is 2.96. The maximum absolute atomic E-state index is 13.6. The summed E-state index contributed by atoms with van der Waals surface area (Å²) in [7, 11) is 1.59. The SMILES string of the molecule is COc1ccc(C(N)Cc2cccc(F)c2F)c(C)c1. The van der Waals surface area contributed by atoms with E-state index < -0.39 is 17.7 Å². The summed E-state index contributed by atoms with van der Waals surface area (Å²) < 4.78 is 32.0. The molecule has 0 amide bonds. The van der Waals surface area contributed by atoms with Gasteiger partial charge in [-0.1, -0.05) is 18.2 Å². The molecule has 1 atom stereocenters. The minimum absolute atomic E-state index is 0.247. The van der Waals surface area contributed by atoms with E-state index in [9.17, 15) is 8.78 Å². The van der Waals surface area contributed by atoms with Gasteiger partial charge in [0.25, 0.3) is 0 Å². The molecule has 0 radical (unpaired) electrons. The molecule has 0 bridgehead atoms. The Morgan fingerprint density at radius 2 is 1.95 bits per heavy atom. The molecule has 1 unspecified atom stereocenters. The van der Waals surface area contributed by atoms with Crippen LogP contribution in [0, 0.1) is 18.6 Å². The van der Waals surface area contributed by atoms with Gasteiger partial charge in [0.2, 0.25) is 0 Å². The molecule has 2 nitrogen and oxygen atoms in total. The summed E-state index contributed by atoms with van der Waals surface area (Å²) in [6.07, 6.45) is 0.247. The molecule has 106 valence electrons. The van der Waals surface area contributed by atoms with Gasteiger partial charge < -0.3 is 10.5 Å². The third-order valence-corrected chi connectivity index (χ3v) is 3.35. The van der Waals surface area contributed by atoms with Crippen LogP contribution in [0.1, 0.15) is 22.7 Å². The Balaban J connectivity index is 2.24. The molecule has 0 aliphatic rings. The van der Waals surface area contributed by atoms with Crippen LogP contribution in [0.3, 0.4) is 0 Å². The molecule has 0 aromatic heterocycles. The highest BCUT2D eigenvalue weighted by Gasteiger charge is 2.14. The minimum Gasteiger partial charge on any atom is -0.497 e. The molecule has 4 heteroatoms. The lowest BCUT2D eigenvalue weighted by Crippen LogP contribution is -2.15. The quantitative estimate of drug-likeness (QED) is 0.928. The molecule has 2 aromatic carbocycles. The molecule has 0 aliphatic heterocycles. The Kier molecular flexibility index (Phi) is 4.35. The van der Waals surface area contributed by atoms with Crippen LogP contribution in [0.25, 0.3) is 0 Å². The number of nitrogens with two attached hydrogens (primary N) is 1. The van der Waals surface area contributed by atoms with E-state index in [1.165, 1.54) is 6.07 Å². The fourth-order valence-corrected chi connectivity index (χ4v) is 2.24. The Morgan fingerprint density at radius 3 is 2.60 bits per heavy atom. The van der Waals surface area contributed by atoms with E-state index in [1.807, 2.05) is 25.1 Å².